The maximum absolute atomic E-state index is 9.72. The number of hydrogen-bond acceptors (Lipinski definition) is 2. The molecule has 1 N–H and O–H groups in total. The van der Waals surface area contributed by atoms with Gasteiger partial charge in [-0.1, -0.05) is 0 Å². The number of carbonyl (C=O) groups excluding carboxylic acids is 1. The molecule has 36 valence electrons. The Morgan fingerprint density at radius 2 is 2.50 bits per heavy atom. The second-order valence-electron chi connectivity index (χ2n) is 0.615. The molecular weight excluding hydrogens is 105 g/mol. The molecule has 0 heterocycles. The Hall–Kier alpha value is -0.440. The summed E-state index contributed by atoms with van der Waals surface area (Å²) in [6.45, 7) is 0. The number of rotatable bonds is 0. The molecular formula is C2H4ClNO2. The summed E-state index contributed by atoms with van der Waals surface area (Å²) in [5.74, 6) is 0. The predicted molar refractivity (Wildman–Crippen MR) is 21.4 cm³/mol. The average Bonchev–Trinajstić information content (AvgIpc) is 1.65. The Morgan fingerprint density at radius 1 is 2.00 bits per heavy atom. The maximum Gasteiger partial charge on any atom is 0.425 e. The molecule has 4 heteroatoms. The zero-order valence-electron chi connectivity index (χ0n) is 3.19. The molecule has 1 amide bonds. The minimum atomic E-state index is -0.642. The van der Waals surface area contributed by atoms with Crippen LogP contribution in [0.15, 0.2) is 0 Å². The molecule has 3 nitrogen and oxygen atoms in total. The summed E-state index contributed by atoms with van der Waals surface area (Å²) < 4.78 is 3.62. The number of hydrogen-bond donors (Lipinski definition) is 1. The van der Waals surface area contributed by atoms with E-state index >= 15 is 0 Å². The van der Waals surface area contributed by atoms with E-state index in [0.717, 1.165) is 0 Å². The van der Waals surface area contributed by atoms with Gasteiger partial charge in [-0.05, 0) is 0 Å². The van der Waals surface area contributed by atoms with Crippen LogP contribution in [0, 0.1) is 0 Å². The van der Waals surface area contributed by atoms with E-state index in [2.05, 4.69) is 21.5 Å². The standard InChI is InChI=1S/C2H4ClNO2/c1-4-2(5)6-3/h1H3,(H,4,5). The van der Waals surface area contributed by atoms with E-state index < -0.39 is 6.09 Å². The van der Waals surface area contributed by atoms with Crippen LogP contribution in [0.4, 0.5) is 4.79 Å². The molecule has 0 saturated carbocycles. The third kappa shape index (κ3) is 1.84. The molecule has 0 aliphatic carbocycles. The quantitative estimate of drug-likeness (QED) is 0.492. The highest BCUT2D eigenvalue weighted by Gasteiger charge is 1.88. The summed E-state index contributed by atoms with van der Waals surface area (Å²) >= 11 is 4.54. The van der Waals surface area contributed by atoms with Crippen molar-refractivity contribution in [3.05, 3.63) is 0 Å². The highest BCUT2D eigenvalue weighted by molar-refractivity contribution is 6.12. The fraction of sp³-hybridized carbons (Fsp3) is 0.500. The molecule has 6 heavy (non-hydrogen) atoms. The second-order valence-corrected chi connectivity index (χ2v) is 0.769. The Morgan fingerprint density at radius 3 is 2.50 bits per heavy atom. The van der Waals surface area contributed by atoms with Crippen molar-refractivity contribution in [1.29, 1.82) is 0 Å². The van der Waals surface area contributed by atoms with Gasteiger partial charge in [0.05, 0.1) is 0 Å². The van der Waals surface area contributed by atoms with Gasteiger partial charge in [-0.2, -0.15) is 0 Å². The van der Waals surface area contributed by atoms with Crippen LogP contribution in [0.25, 0.3) is 0 Å². The molecule has 0 aromatic rings. The summed E-state index contributed by atoms with van der Waals surface area (Å²) in [5.41, 5.74) is 0. The lowest BCUT2D eigenvalue weighted by Gasteiger charge is -1.86. The van der Waals surface area contributed by atoms with Crippen LogP contribution in [0.2, 0.25) is 0 Å². The van der Waals surface area contributed by atoms with Gasteiger partial charge in [0.25, 0.3) is 0 Å². The number of amides is 1. The third-order valence-electron chi connectivity index (χ3n) is 0.274. The minimum Gasteiger partial charge on any atom is -0.330 e. The van der Waals surface area contributed by atoms with Crippen molar-refractivity contribution in [2.45, 2.75) is 0 Å². The SMILES string of the molecule is CNC(=O)OCl. The van der Waals surface area contributed by atoms with Crippen LogP contribution < -0.4 is 5.32 Å². The third-order valence-corrected chi connectivity index (χ3v) is 0.414. The van der Waals surface area contributed by atoms with Gasteiger partial charge in [0.15, 0.2) is 0 Å². The Balaban J connectivity index is 2.99. The fourth-order valence-corrected chi connectivity index (χ4v) is 0.116. The first-order valence-corrected chi connectivity index (χ1v) is 1.62. The van der Waals surface area contributed by atoms with E-state index in [1.54, 1.807) is 0 Å². The first-order chi connectivity index (χ1) is 2.81. The molecule has 0 bridgehead atoms. The zero-order valence-corrected chi connectivity index (χ0v) is 3.95. The summed E-state index contributed by atoms with van der Waals surface area (Å²) in [5, 5.41) is 2.12. The van der Waals surface area contributed by atoms with Gasteiger partial charge < -0.3 is 9.61 Å². The monoisotopic (exact) mass is 109 g/mol. The summed E-state index contributed by atoms with van der Waals surface area (Å²) in [6, 6.07) is 0. The summed E-state index contributed by atoms with van der Waals surface area (Å²) in [4.78, 5) is 9.72. The predicted octanol–water partition coefficient (Wildman–Crippen LogP) is 0.496. The number of halogens is 1. The molecule has 0 radical (unpaired) electrons. The normalized spacial score (nSPS) is 7.00. The van der Waals surface area contributed by atoms with Gasteiger partial charge in [-0.15, -0.1) is 0 Å². The van der Waals surface area contributed by atoms with Gasteiger partial charge >= 0.3 is 6.09 Å². The van der Waals surface area contributed by atoms with Crippen LogP contribution >= 0.6 is 11.9 Å². The van der Waals surface area contributed by atoms with Crippen molar-refractivity contribution in [3.8, 4) is 0 Å². The van der Waals surface area contributed by atoms with Crippen molar-refractivity contribution in [2.24, 2.45) is 0 Å². The van der Waals surface area contributed by atoms with Gasteiger partial charge in [0, 0.05) is 7.05 Å². The Kier molecular flexibility index (Phi) is 2.58. The van der Waals surface area contributed by atoms with Crippen LogP contribution in [-0.4, -0.2) is 13.1 Å². The van der Waals surface area contributed by atoms with Gasteiger partial charge in [-0.25, -0.2) is 4.79 Å². The largest absolute Gasteiger partial charge is 0.425 e. The van der Waals surface area contributed by atoms with Crippen molar-refractivity contribution in [1.82, 2.24) is 5.32 Å². The topological polar surface area (TPSA) is 38.3 Å². The van der Waals surface area contributed by atoms with Crippen molar-refractivity contribution in [3.63, 3.8) is 0 Å². The van der Waals surface area contributed by atoms with Crippen LogP contribution in [0.5, 0.6) is 0 Å². The maximum atomic E-state index is 9.72. The molecule has 0 rings (SSSR count). The number of carbonyl (C=O) groups is 1. The van der Waals surface area contributed by atoms with E-state index in [4.69, 9.17) is 0 Å². The van der Waals surface area contributed by atoms with Crippen molar-refractivity contribution < 1.29 is 9.08 Å². The molecule has 0 unspecified atom stereocenters. The van der Waals surface area contributed by atoms with E-state index in [-0.39, 0.29) is 0 Å². The molecule has 0 aromatic carbocycles. The fourth-order valence-electron chi connectivity index (χ4n) is 0.0386. The Bertz CT molecular complexity index is 49.5. The highest BCUT2D eigenvalue weighted by atomic mass is 35.5. The lowest BCUT2D eigenvalue weighted by atomic mass is 11.1. The Labute approximate surface area is 40.4 Å². The van der Waals surface area contributed by atoms with E-state index in [0.29, 0.717) is 0 Å². The second kappa shape index (κ2) is 2.78. The van der Waals surface area contributed by atoms with Crippen LogP contribution in [0.3, 0.4) is 0 Å². The highest BCUT2D eigenvalue weighted by Crippen LogP contribution is 1.76. The van der Waals surface area contributed by atoms with Crippen LogP contribution in [-0.2, 0) is 4.29 Å². The molecule has 0 spiro atoms. The molecule has 0 saturated heterocycles. The molecule has 0 aromatic heterocycles. The van der Waals surface area contributed by atoms with Gasteiger partial charge in [0.1, 0.15) is 11.9 Å². The summed E-state index contributed by atoms with van der Waals surface area (Å²) in [7, 11) is 1.42. The van der Waals surface area contributed by atoms with E-state index in [1.165, 1.54) is 7.05 Å². The molecule has 0 aliphatic heterocycles. The average molecular weight is 110 g/mol. The van der Waals surface area contributed by atoms with Crippen molar-refractivity contribution in [2.75, 3.05) is 7.05 Å². The smallest absolute Gasteiger partial charge is 0.330 e. The molecule has 0 fully saturated rings. The molecule has 0 aliphatic rings. The lowest BCUT2D eigenvalue weighted by molar-refractivity contribution is 0.207. The van der Waals surface area contributed by atoms with Gasteiger partial charge in [-0.3, -0.25) is 0 Å². The first-order valence-electron chi connectivity index (χ1n) is 1.31. The van der Waals surface area contributed by atoms with Gasteiger partial charge in [0.2, 0.25) is 0 Å². The minimum absolute atomic E-state index is 0.642. The van der Waals surface area contributed by atoms with E-state index in [1.807, 2.05) is 0 Å². The molecule has 0 atom stereocenters. The number of nitrogens with one attached hydrogen (secondary N) is 1. The lowest BCUT2D eigenvalue weighted by Crippen LogP contribution is -2.14. The first kappa shape index (κ1) is 5.56. The van der Waals surface area contributed by atoms with E-state index in [9.17, 15) is 4.79 Å². The summed E-state index contributed by atoms with van der Waals surface area (Å²) in [6.07, 6.45) is -0.642. The van der Waals surface area contributed by atoms with Crippen molar-refractivity contribution >= 4 is 18.0 Å². The van der Waals surface area contributed by atoms with Crippen LogP contribution in [0.1, 0.15) is 0 Å². The zero-order chi connectivity index (χ0) is 4.99.